The predicted molar refractivity (Wildman–Crippen MR) is 193 cm³/mol. The summed E-state index contributed by atoms with van der Waals surface area (Å²) in [5.74, 6) is 6.57. The number of likely N-dealkylation sites (tertiary alicyclic amines) is 1. The van der Waals surface area contributed by atoms with Crippen LogP contribution >= 0.6 is 0 Å². The van der Waals surface area contributed by atoms with E-state index < -0.39 is 0 Å². The third-order valence-electron chi connectivity index (χ3n) is 16.6. The summed E-state index contributed by atoms with van der Waals surface area (Å²) in [6.45, 7) is 7.71. The van der Waals surface area contributed by atoms with Crippen LogP contribution in [-0.4, -0.2) is 65.3 Å². The molecule has 8 rings (SSSR count). The molecule has 2 saturated heterocycles. The van der Waals surface area contributed by atoms with E-state index in [0.717, 1.165) is 77.7 Å². The smallest absolute Gasteiger partial charge is 0.0603 e. The molecule has 0 aromatic rings. The minimum absolute atomic E-state index is 0.559. The molecular formula is C42H74N4. The molecule has 8 fully saturated rings. The van der Waals surface area contributed by atoms with Crippen LogP contribution in [0.3, 0.4) is 0 Å². The highest BCUT2D eigenvalue weighted by molar-refractivity contribution is 5.08. The number of nitrogens with one attached hydrogen (secondary N) is 2. The second-order valence-electron chi connectivity index (χ2n) is 18.6. The average molecular weight is 635 g/mol. The van der Waals surface area contributed by atoms with E-state index in [-0.39, 0.29) is 0 Å². The second-order valence-corrected chi connectivity index (χ2v) is 18.6. The fourth-order valence-corrected chi connectivity index (χ4v) is 14.3. The number of rotatable bonds is 6. The SMILES string of the molecule is CC1C(C)C(N2C3CCCCC3C3CC(C4CCC(N(C5CCCCC5)C5CCCCC5)CC4)CCC32)CCC1C1NCCCN1. The van der Waals surface area contributed by atoms with Gasteiger partial charge in [0.1, 0.15) is 0 Å². The summed E-state index contributed by atoms with van der Waals surface area (Å²) >= 11 is 0. The van der Waals surface area contributed by atoms with Crippen LogP contribution in [0, 0.1) is 41.4 Å². The molecule has 8 aliphatic rings. The van der Waals surface area contributed by atoms with E-state index in [2.05, 4.69) is 34.3 Å². The molecule has 262 valence electrons. The average Bonchev–Trinajstić information content (AvgIpc) is 3.45. The van der Waals surface area contributed by atoms with Crippen molar-refractivity contribution in [2.24, 2.45) is 41.4 Å². The minimum atomic E-state index is 0.559. The Morgan fingerprint density at radius 1 is 0.435 bits per heavy atom. The predicted octanol–water partition coefficient (Wildman–Crippen LogP) is 9.13. The molecule has 0 amide bonds. The fourth-order valence-electron chi connectivity index (χ4n) is 14.3. The molecule has 46 heavy (non-hydrogen) atoms. The molecule has 0 aromatic carbocycles. The molecule has 6 aliphatic carbocycles. The normalized spacial score (nSPS) is 45.8. The van der Waals surface area contributed by atoms with Gasteiger partial charge in [0, 0.05) is 36.3 Å². The van der Waals surface area contributed by atoms with Crippen LogP contribution in [0.5, 0.6) is 0 Å². The Labute approximate surface area is 284 Å². The molecule has 6 saturated carbocycles. The van der Waals surface area contributed by atoms with Gasteiger partial charge >= 0.3 is 0 Å². The zero-order valence-corrected chi connectivity index (χ0v) is 30.4. The largest absolute Gasteiger partial charge is 0.302 e. The zero-order chi connectivity index (χ0) is 31.0. The molecule has 0 radical (unpaired) electrons. The monoisotopic (exact) mass is 635 g/mol. The van der Waals surface area contributed by atoms with Gasteiger partial charge in [0.2, 0.25) is 0 Å². The van der Waals surface area contributed by atoms with Crippen molar-refractivity contribution in [3.8, 4) is 0 Å². The van der Waals surface area contributed by atoms with Crippen molar-refractivity contribution in [3.63, 3.8) is 0 Å². The summed E-state index contributed by atoms with van der Waals surface area (Å²) in [7, 11) is 0. The Morgan fingerprint density at radius 2 is 1.00 bits per heavy atom. The third-order valence-corrected chi connectivity index (χ3v) is 16.6. The zero-order valence-electron chi connectivity index (χ0n) is 30.4. The van der Waals surface area contributed by atoms with E-state index in [1.165, 1.54) is 135 Å². The molecule has 9 unspecified atom stereocenters. The van der Waals surface area contributed by atoms with Gasteiger partial charge in [0.15, 0.2) is 0 Å². The van der Waals surface area contributed by atoms with Gasteiger partial charge < -0.3 is 10.6 Å². The van der Waals surface area contributed by atoms with E-state index in [1.54, 1.807) is 32.1 Å². The van der Waals surface area contributed by atoms with E-state index in [0.29, 0.717) is 6.17 Å². The van der Waals surface area contributed by atoms with Gasteiger partial charge in [-0.2, -0.15) is 0 Å². The second kappa shape index (κ2) is 15.0. The number of nitrogens with zero attached hydrogens (tertiary/aromatic N) is 2. The summed E-state index contributed by atoms with van der Waals surface area (Å²) in [5.41, 5.74) is 0. The third kappa shape index (κ3) is 6.55. The molecule has 4 nitrogen and oxygen atoms in total. The molecule has 2 heterocycles. The lowest BCUT2D eigenvalue weighted by Gasteiger charge is -2.51. The van der Waals surface area contributed by atoms with Crippen LogP contribution in [0.1, 0.15) is 168 Å². The summed E-state index contributed by atoms with van der Waals surface area (Å²) in [5, 5.41) is 7.73. The van der Waals surface area contributed by atoms with E-state index in [1.807, 2.05) is 0 Å². The molecule has 2 N–H and O–H groups in total. The van der Waals surface area contributed by atoms with Crippen molar-refractivity contribution in [1.29, 1.82) is 0 Å². The highest BCUT2D eigenvalue weighted by atomic mass is 15.3. The highest BCUT2D eigenvalue weighted by Crippen LogP contribution is 2.55. The Balaban J connectivity index is 0.914. The standard InChI is InChI=1S/C42H74N4/c1-29-30(2)39(25-23-36(29)42-43-26-11-27-44-42)46-40-17-10-9-16-37(40)38-28-32(20-24-41(38)46)31-18-21-35(22-19-31)45(33-12-5-3-6-13-33)34-14-7-4-8-15-34/h29-44H,3-28H2,1-2H3. The van der Waals surface area contributed by atoms with E-state index in [9.17, 15) is 0 Å². The van der Waals surface area contributed by atoms with E-state index >= 15 is 0 Å². The number of hydrogen-bond acceptors (Lipinski definition) is 4. The molecular weight excluding hydrogens is 560 g/mol. The van der Waals surface area contributed by atoms with Crippen LogP contribution in [-0.2, 0) is 0 Å². The van der Waals surface area contributed by atoms with Crippen molar-refractivity contribution >= 4 is 0 Å². The maximum atomic E-state index is 3.87. The van der Waals surface area contributed by atoms with Gasteiger partial charge in [-0.1, -0.05) is 65.2 Å². The van der Waals surface area contributed by atoms with Crippen molar-refractivity contribution in [3.05, 3.63) is 0 Å². The van der Waals surface area contributed by atoms with Gasteiger partial charge in [0.05, 0.1) is 6.17 Å². The lowest BCUT2D eigenvalue weighted by atomic mass is 9.65. The van der Waals surface area contributed by atoms with Gasteiger partial charge in [-0.15, -0.1) is 0 Å². The summed E-state index contributed by atoms with van der Waals surface area (Å²) in [4.78, 5) is 6.50. The minimum Gasteiger partial charge on any atom is -0.302 e. The lowest BCUT2D eigenvalue weighted by molar-refractivity contribution is -0.0188. The van der Waals surface area contributed by atoms with Gasteiger partial charge in [-0.25, -0.2) is 0 Å². The van der Waals surface area contributed by atoms with E-state index in [4.69, 9.17) is 0 Å². The highest BCUT2D eigenvalue weighted by Gasteiger charge is 2.55. The van der Waals surface area contributed by atoms with Crippen LogP contribution in [0.25, 0.3) is 0 Å². The first kappa shape index (κ1) is 33.0. The Morgan fingerprint density at radius 3 is 1.70 bits per heavy atom. The summed E-state index contributed by atoms with van der Waals surface area (Å²) in [6.07, 6.45) is 36.7. The molecule has 0 bridgehead atoms. The Kier molecular flexibility index (Phi) is 10.8. The van der Waals surface area contributed by atoms with Crippen LogP contribution in [0.4, 0.5) is 0 Å². The molecule has 2 aliphatic heterocycles. The lowest BCUT2D eigenvalue weighted by Crippen LogP contribution is -2.59. The first-order chi connectivity index (χ1) is 22.7. The number of hydrogen-bond donors (Lipinski definition) is 2. The maximum Gasteiger partial charge on any atom is 0.0603 e. The van der Waals surface area contributed by atoms with Crippen LogP contribution in [0.2, 0.25) is 0 Å². The Hall–Kier alpha value is -0.160. The fraction of sp³-hybridized carbons (Fsp3) is 1.00. The van der Waals surface area contributed by atoms with Crippen molar-refractivity contribution in [2.45, 2.75) is 210 Å². The summed E-state index contributed by atoms with van der Waals surface area (Å²) in [6, 6.07) is 5.44. The van der Waals surface area contributed by atoms with Gasteiger partial charge in [-0.05, 0) is 157 Å². The first-order valence-corrected chi connectivity index (χ1v) is 21.7. The summed E-state index contributed by atoms with van der Waals surface area (Å²) < 4.78 is 0. The van der Waals surface area contributed by atoms with Crippen molar-refractivity contribution < 1.29 is 0 Å². The molecule has 9 atom stereocenters. The van der Waals surface area contributed by atoms with Crippen LogP contribution < -0.4 is 10.6 Å². The van der Waals surface area contributed by atoms with Gasteiger partial charge in [-0.3, -0.25) is 9.80 Å². The number of fused-ring (bicyclic) bond motifs is 3. The van der Waals surface area contributed by atoms with Gasteiger partial charge in [0.25, 0.3) is 0 Å². The topological polar surface area (TPSA) is 30.5 Å². The maximum absolute atomic E-state index is 3.87. The first-order valence-electron chi connectivity index (χ1n) is 21.7. The van der Waals surface area contributed by atoms with Crippen molar-refractivity contribution in [1.82, 2.24) is 20.4 Å². The van der Waals surface area contributed by atoms with Crippen molar-refractivity contribution in [2.75, 3.05) is 13.1 Å². The Bertz CT molecular complexity index is 925. The molecule has 0 spiro atoms. The quantitative estimate of drug-likeness (QED) is 0.305. The van der Waals surface area contributed by atoms with Crippen LogP contribution in [0.15, 0.2) is 0 Å². The molecule has 0 aromatic heterocycles. The molecule has 4 heteroatoms.